The maximum absolute atomic E-state index is 8.88. The first-order valence-electron chi connectivity index (χ1n) is 5.67. The summed E-state index contributed by atoms with van der Waals surface area (Å²) in [6.07, 6.45) is 5.00. The Hall–Kier alpha value is -2.48. The molecule has 0 aromatic carbocycles. The second kappa shape index (κ2) is 5.23. The second-order valence-corrected chi connectivity index (χ2v) is 3.83. The largest absolute Gasteiger partial charge is 0.354 e. The number of anilines is 1. The van der Waals surface area contributed by atoms with Crippen molar-refractivity contribution in [2.45, 2.75) is 13.8 Å². The van der Waals surface area contributed by atoms with E-state index in [1.54, 1.807) is 18.5 Å². The predicted molar refractivity (Wildman–Crippen MR) is 68.9 cm³/mol. The average molecular weight is 239 g/mol. The molecule has 90 valence electrons. The number of rotatable bonds is 3. The molecule has 5 heteroatoms. The van der Waals surface area contributed by atoms with Crippen LogP contribution in [0.2, 0.25) is 0 Å². The lowest BCUT2D eigenvalue weighted by molar-refractivity contribution is 1.07. The molecule has 5 nitrogen and oxygen atoms in total. The van der Waals surface area contributed by atoms with Gasteiger partial charge in [-0.3, -0.25) is 4.98 Å². The van der Waals surface area contributed by atoms with Crippen molar-refractivity contribution in [1.82, 2.24) is 15.0 Å². The number of aryl methyl sites for hydroxylation is 1. The first-order valence-corrected chi connectivity index (χ1v) is 5.67. The van der Waals surface area contributed by atoms with Crippen LogP contribution in [0.1, 0.15) is 18.1 Å². The van der Waals surface area contributed by atoms with E-state index in [2.05, 4.69) is 26.3 Å². The van der Waals surface area contributed by atoms with Gasteiger partial charge in [-0.15, -0.1) is 0 Å². The highest BCUT2D eigenvalue weighted by atomic mass is 15.1. The zero-order valence-electron chi connectivity index (χ0n) is 10.3. The summed E-state index contributed by atoms with van der Waals surface area (Å²) in [5.74, 6) is 0.584. The summed E-state index contributed by atoms with van der Waals surface area (Å²) in [4.78, 5) is 12.7. The fourth-order valence-corrected chi connectivity index (χ4v) is 1.61. The topological polar surface area (TPSA) is 74.5 Å². The van der Waals surface area contributed by atoms with Gasteiger partial charge in [0.2, 0.25) is 5.95 Å². The van der Waals surface area contributed by atoms with Crippen LogP contribution in [0.15, 0.2) is 24.7 Å². The SMILES string of the molecule is CCNc1ncc(C)c(-c2cncc(C#N)c2)n1. The van der Waals surface area contributed by atoms with E-state index < -0.39 is 0 Å². The molecule has 2 aromatic heterocycles. The van der Waals surface area contributed by atoms with E-state index in [1.165, 1.54) is 6.20 Å². The summed E-state index contributed by atoms with van der Waals surface area (Å²) >= 11 is 0. The fraction of sp³-hybridized carbons (Fsp3) is 0.231. The van der Waals surface area contributed by atoms with Gasteiger partial charge in [0.15, 0.2) is 0 Å². The molecule has 0 radical (unpaired) electrons. The lowest BCUT2D eigenvalue weighted by Gasteiger charge is -2.07. The Bertz CT molecular complexity index is 601. The van der Waals surface area contributed by atoms with E-state index in [9.17, 15) is 0 Å². The number of aromatic nitrogens is 3. The summed E-state index contributed by atoms with van der Waals surface area (Å²) in [5.41, 5.74) is 3.10. The number of pyridine rings is 1. The minimum Gasteiger partial charge on any atom is -0.354 e. The maximum Gasteiger partial charge on any atom is 0.223 e. The second-order valence-electron chi connectivity index (χ2n) is 3.83. The van der Waals surface area contributed by atoms with E-state index in [0.717, 1.165) is 23.4 Å². The number of nitriles is 1. The normalized spacial score (nSPS) is 9.83. The van der Waals surface area contributed by atoms with Crippen LogP contribution in [0.4, 0.5) is 5.95 Å². The molecule has 0 spiro atoms. The van der Waals surface area contributed by atoms with Gasteiger partial charge in [-0.25, -0.2) is 9.97 Å². The lowest BCUT2D eigenvalue weighted by atomic mass is 10.1. The molecular weight excluding hydrogens is 226 g/mol. The third kappa shape index (κ3) is 2.43. The molecule has 0 atom stereocenters. The Balaban J connectivity index is 2.48. The number of hydrogen-bond donors (Lipinski definition) is 1. The smallest absolute Gasteiger partial charge is 0.223 e. The van der Waals surface area contributed by atoms with Gasteiger partial charge < -0.3 is 5.32 Å². The van der Waals surface area contributed by atoms with Crippen molar-refractivity contribution < 1.29 is 0 Å². The van der Waals surface area contributed by atoms with E-state index >= 15 is 0 Å². The summed E-state index contributed by atoms with van der Waals surface area (Å²) < 4.78 is 0. The highest BCUT2D eigenvalue weighted by molar-refractivity contribution is 5.64. The first-order chi connectivity index (χ1) is 8.74. The van der Waals surface area contributed by atoms with Crippen LogP contribution >= 0.6 is 0 Å². The number of nitrogens with zero attached hydrogens (tertiary/aromatic N) is 4. The van der Waals surface area contributed by atoms with Crippen molar-refractivity contribution in [3.05, 3.63) is 35.8 Å². The van der Waals surface area contributed by atoms with Gasteiger partial charge >= 0.3 is 0 Å². The molecule has 0 aliphatic rings. The standard InChI is InChI=1S/C13H13N5/c1-3-16-13-17-6-9(2)12(18-13)11-4-10(5-14)7-15-8-11/h4,6-8H,3H2,1-2H3,(H,16,17,18). The van der Waals surface area contributed by atoms with Crippen molar-refractivity contribution in [3.63, 3.8) is 0 Å². The molecule has 2 heterocycles. The van der Waals surface area contributed by atoms with Crippen molar-refractivity contribution >= 4 is 5.95 Å². The highest BCUT2D eigenvalue weighted by Gasteiger charge is 2.07. The Morgan fingerprint density at radius 3 is 2.89 bits per heavy atom. The molecule has 0 fully saturated rings. The third-order valence-corrected chi connectivity index (χ3v) is 2.45. The molecule has 0 saturated heterocycles. The molecule has 1 N–H and O–H groups in total. The minimum absolute atomic E-state index is 0.524. The quantitative estimate of drug-likeness (QED) is 0.888. The summed E-state index contributed by atoms with van der Waals surface area (Å²) in [5, 5.41) is 11.9. The number of hydrogen-bond acceptors (Lipinski definition) is 5. The molecule has 0 bridgehead atoms. The van der Waals surface area contributed by atoms with Crippen molar-refractivity contribution in [3.8, 4) is 17.3 Å². The third-order valence-electron chi connectivity index (χ3n) is 2.45. The maximum atomic E-state index is 8.88. The van der Waals surface area contributed by atoms with Crippen LogP contribution in [0.25, 0.3) is 11.3 Å². The Morgan fingerprint density at radius 2 is 2.17 bits per heavy atom. The Kier molecular flexibility index (Phi) is 3.49. The monoisotopic (exact) mass is 239 g/mol. The summed E-state index contributed by atoms with van der Waals surface area (Å²) in [6.45, 7) is 4.68. The van der Waals surface area contributed by atoms with Gasteiger partial charge in [-0.2, -0.15) is 5.26 Å². The van der Waals surface area contributed by atoms with Gasteiger partial charge in [0.25, 0.3) is 0 Å². The molecular formula is C13H13N5. The van der Waals surface area contributed by atoms with E-state index in [1.807, 2.05) is 13.8 Å². The fourth-order valence-electron chi connectivity index (χ4n) is 1.61. The van der Waals surface area contributed by atoms with Crippen LogP contribution < -0.4 is 5.32 Å². The van der Waals surface area contributed by atoms with Gasteiger partial charge in [0, 0.05) is 30.7 Å². The molecule has 2 rings (SSSR count). The van der Waals surface area contributed by atoms with E-state index in [0.29, 0.717) is 11.5 Å². The average Bonchev–Trinajstić information content (AvgIpc) is 2.41. The van der Waals surface area contributed by atoms with Crippen molar-refractivity contribution in [1.29, 1.82) is 5.26 Å². The molecule has 0 amide bonds. The van der Waals surface area contributed by atoms with Gasteiger partial charge in [-0.1, -0.05) is 0 Å². The minimum atomic E-state index is 0.524. The molecule has 0 saturated carbocycles. The van der Waals surface area contributed by atoms with E-state index in [4.69, 9.17) is 5.26 Å². The van der Waals surface area contributed by atoms with Crippen molar-refractivity contribution in [2.75, 3.05) is 11.9 Å². The highest BCUT2D eigenvalue weighted by Crippen LogP contribution is 2.21. The Morgan fingerprint density at radius 1 is 1.33 bits per heavy atom. The number of nitrogens with one attached hydrogen (secondary N) is 1. The first kappa shape index (κ1) is 12.0. The van der Waals surface area contributed by atoms with E-state index in [-0.39, 0.29) is 0 Å². The summed E-state index contributed by atoms with van der Waals surface area (Å²) in [7, 11) is 0. The molecule has 0 unspecified atom stereocenters. The molecule has 18 heavy (non-hydrogen) atoms. The molecule has 0 aliphatic carbocycles. The van der Waals surface area contributed by atoms with Crippen LogP contribution in [-0.2, 0) is 0 Å². The zero-order chi connectivity index (χ0) is 13.0. The molecule has 0 aliphatic heterocycles. The van der Waals surface area contributed by atoms with Crippen LogP contribution in [0.5, 0.6) is 0 Å². The van der Waals surface area contributed by atoms with Gasteiger partial charge in [0.05, 0.1) is 11.3 Å². The van der Waals surface area contributed by atoms with Crippen LogP contribution in [0, 0.1) is 18.3 Å². The van der Waals surface area contributed by atoms with Crippen molar-refractivity contribution in [2.24, 2.45) is 0 Å². The molecule has 2 aromatic rings. The van der Waals surface area contributed by atoms with Crippen LogP contribution in [-0.4, -0.2) is 21.5 Å². The lowest BCUT2D eigenvalue weighted by Crippen LogP contribution is -2.03. The summed E-state index contributed by atoms with van der Waals surface area (Å²) in [6, 6.07) is 3.85. The van der Waals surface area contributed by atoms with Gasteiger partial charge in [0.1, 0.15) is 6.07 Å². The predicted octanol–water partition coefficient (Wildman–Crippen LogP) is 2.15. The zero-order valence-corrected chi connectivity index (χ0v) is 10.3. The van der Waals surface area contributed by atoms with Crippen LogP contribution in [0.3, 0.4) is 0 Å². The van der Waals surface area contributed by atoms with Gasteiger partial charge in [-0.05, 0) is 25.5 Å². The Labute approximate surface area is 106 Å².